The highest BCUT2D eigenvalue weighted by molar-refractivity contribution is 6.31. The average Bonchev–Trinajstić information content (AvgIpc) is 2.64. The molecule has 0 spiro atoms. The number of aromatic nitrogens is 3. The van der Waals surface area contributed by atoms with Crippen LogP contribution in [0.5, 0.6) is 0 Å². The van der Waals surface area contributed by atoms with Crippen LogP contribution < -0.4 is 5.32 Å². The van der Waals surface area contributed by atoms with Crippen molar-refractivity contribution in [1.29, 1.82) is 0 Å². The number of hydrogen-bond donors (Lipinski definition) is 1. The number of hydrogen-bond acceptors (Lipinski definition) is 3. The van der Waals surface area contributed by atoms with E-state index < -0.39 is 0 Å². The smallest absolute Gasteiger partial charge is 0.0837 e. The van der Waals surface area contributed by atoms with E-state index in [4.69, 9.17) is 11.6 Å². The molecule has 0 bridgehead atoms. The minimum absolute atomic E-state index is 0.0259. The second kappa shape index (κ2) is 4.85. The molecule has 5 heteroatoms. The number of nitrogens with one attached hydrogen (secondary N) is 1. The Morgan fingerprint density at radius 1 is 1.41 bits per heavy atom. The highest BCUT2D eigenvalue weighted by Gasteiger charge is 2.20. The Balaban J connectivity index is 2.52. The third-order valence-corrected chi connectivity index (χ3v) is 3.17. The Kier molecular flexibility index (Phi) is 3.45. The molecular weight excluding hydrogens is 236 g/mol. The van der Waals surface area contributed by atoms with Crippen molar-refractivity contribution < 1.29 is 0 Å². The molecule has 0 saturated heterocycles. The van der Waals surface area contributed by atoms with Gasteiger partial charge in [0, 0.05) is 19.4 Å². The summed E-state index contributed by atoms with van der Waals surface area (Å²) in [5.74, 6) is 0. The van der Waals surface area contributed by atoms with Crippen LogP contribution in [0, 0.1) is 6.92 Å². The van der Waals surface area contributed by atoms with Crippen molar-refractivity contribution >= 4 is 11.6 Å². The molecule has 0 aliphatic carbocycles. The Morgan fingerprint density at radius 3 is 2.71 bits per heavy atom. The minimum Gasteiger partial charge on any atom is -0.308 e. The van der Waals surface area contributed by atoms with Gasteiger partial charge in [-0.2, -0.15) is 5.10 Å². The molecule has 2 aromatic rings. The van der Waals surface area contributed by atoms with Gasteiger partial charge in [0.15, 0.2) is 0 Å². The second-order valence-corrected chi connectivity index (χ2v) is 4.36. The summed E-state index contributed by atoms with van der Waals surface area (Å²) >= 11 is 6.18. The summed E-state index contributed by atoms with van der Waals surface area (Å²) in [5, 5.41) is 8.11. The Morgan fingerprint density at radius 2 is 2.18 bits per heavy atom. The average molecular weight is 251 g/mol. The van der Waals surface area contributed by atoms with E-state index in [9.17, 15) is 0 Å². The third-order valence-electron chi connectivity index (χ3n) is 2.87. The normalized spacial score (nSPS) is 12.7. The fourth-order valence-electron chi connectivity index (χ4n) is 1.99. The number of nitrogens with zero attached hydrogens (tertiary/aromatic N) is 3. The van der Waals surface area contributed by atoms with Crippen LogP contribution in [-0.4, -0.2) is 21.8 Å². The molecule has 0 radical (unpaired) electrons. The molecule has 0 aliphatic rings. The molecule has 0 amide bonds. The molecule has 0 aromatic carbocycles. The summed E-state index contributed by atoms with van der Waals surface area (Å²) in [5.41, 5.74) is 3.25. The predicted molar refractivity (Wildman–Crippen MR) is 68.1 cm³/mol. The quantitative estimate of drug-likeness (QED) is 0.907. The van der Waals surface area contributed by atoms with Crippen molar-refractivity contribution in [3.63, 3.8) is 0 Å². The van der Waals surface area contributed by atoms with Gasteiger partial charge in [-0.1, -0.05) is 11.6 Å². The molecule has 0 saturated carbocycles. The number of halogens is 1. The first kappa shape index (κ1) is 12.1. The van der Waals surface area contributed by atoms with Crippen molar-refractivity contribution in [2.75, 3.05) is 7.05 Å². The molecule has 90 valence electrons. The molecule has 2 heterocycles. The lowest BCUT2D eigenvalue weighted by atomic mass is 10.0. The molecule has 0 aliphatic heterocycles. The topological polar surface area (TPSA) is 42.7 Å². The minimum atomic E-state index is 0.0259. The summed E-state index contributed by atoms with van der Waals surface area (Å²) in [7, 11) is 3.80. The lowest BCUT2D eigenvalue weighted by Gasteiger charge is -2.19. The van der Waals surface area contributed by atoms with Crippen LogP contribution in [0.2, 0.25) is 5.02 Å². The molecule has 2 rings (SSSR count). The molecule has 0 fully saturated rings. The fraction of sp³-hybridized carbons (Fsp3) is 0.333. The first-order valence-corrected chi connectivity index (χ1v) is 5.78. The van der Waals surface area contributed by atoms with Gasteiger partial charge in [0.2, 0.25) is 0 Å². The predicted octanol–water partition coefficient (Wildman–Crippen LogP) is 2.09. The lowest BCUT2D eigenvalue weighted by molar-refractivity contribution is 0.603. The molecule has 4 nitrogen and oxygen atoms in total. The van der Waals surface area contributed by atoms with Crippen molar-refractivity contribution in [2.24, 2.45) is 7.05 Å². The molecule has 2 aromatic heterocycles. The van der Waals surface area contributed by atoms with Crippen LogP contribution in [0.4, 0.5) is 0 Å². The van der Waals surface area contributed by atoms with Crippen LogP contribution in [0.15, 0.2) is 24.7 Å². The van der Waals surface area contributed by atoms with Crippen molar-refractivity contribution in [1.82, 2.24) is 20.1 Å². The fourth-order valence-corrected chi connectivity index (χ4v) is 2.27. The van der Waals surface area contributed by atoms with Crippen molar-refractivity contribution in [2.45, 2.75) is 13.0 Å². The maximum atomic E-state index is 6.18. The Hall–Kier alpha value is -1.39. The van der Waals surface area contributed by atoms with E-state index in [1.54, 1.807) is 17.1 Å². The number of pyridine rings is 1. The zero-order valence-electron chi connectivity index (χ0n) is 10.1. The van der Waals surface area contributed by atoms with E-state index >= 15 is 0 Å². The van der Waals surface area contributed by atoms with E-state index in [2.05, 4.69) is 15.4 Å². The molecule has 17 heavy (non-hydrogen) atoms. The molecular formula is C12H15ClN4. The standard InChI is InChI=1S/C12H15ClN4/c1-8-6-15-5-4-9(8)11(14-2)12-10(13)7-16-17(12)3/h4-7,11,14H,1-3H3. The number of rotatable bonds is 3. The second-order valence-electron chi connectivity index (χ2n) is 3.96. The highest BCUT2D eigenvalue weighted by Crippen LogP contribution is 2.28. The summed E-state index contributed by atoms with van der Waals surface area (Å²) < 4.78 is 1.80. The zero-order valence-corrected chi connectivity index (χ0v) is 10.9. The summed E-state index contributed by atoms with van der Waals surface area (Å²) in [6.07, 6.45) is 5.30. The first-order valence-electron chi connectivity index (χ1n) is 5.40. The molecule has 1 atom stereocenters. The Bertz CT molecular complexity index is 501. The summed E-state index contributed by atoms with van der Waals surface area (Å²) in [6, 6.07) is 2.03. The maximum Gasteiger partial charge on any atom is 0.0837 e. The van der Waals surface area contributed by atoms with Gasteiger partial charge >= 0.3 is 0 Å². The third kappa shape index (κ3) is 2.18. The van der Waals surface area contributed by atoms with E-state index in [-0.39, 0.29) is 6.04 Å². The van der Waals surface area contributed by atoms with E-state index in [1.807, 2.05) is 33.3 Å². The van der Waals surface area contributed by atoms with Crippen LogP contribution in [-0.2, 0) is 7.05 Å². The van der Waals surface area contributed by atoms with Gasteiger partial charge < -0.3 is 5.32 Å². The van der Waals surface area contributed by atoms with E-state index in [1.165, 1.54) is 0 Å². The Labute approximate surface area is 106 Å². The van der Waals surface area contributed by atoms with Crippen LogP contribution >= 0.6 is 11.6 Å². The SMILES string of the molecule is CNC(c1ccncc1C)c1c(Cl)cnn1C. The highest BCUT2D eigenvalue weighted by atomic mass is 35.5. The van der Waals surface area contributed by atoms with Crippen LogP contribution in [0.1, 0.15) is 22.9 Å². The van der Waals surface area contributed by atoms with Gasteiger partial charge in [0.1, 0.15) is 0 Å². The van der Waals surface area contributed by atoms with Gasteiger partial charge in [-0.05, 0) is 31.2 Å². The van der Waals surface area contributed by atoms with Gasteiger partial charge in [-0.25, -0.2) is 0 Å². The van der Waals surface area contributed by atoms with Gasteiger partial charge in [0.05, 0.1) is 23.0 Å². The first-order chi connectivity index (χ1) is 8.15. The lowest BCUT2D eigenvalue weighted by Crippen LogP contribution is -2.22. The summed E-state index contributed by atoms with van der Waals surface area (Å²) in [6.45, 7) is 2.04. The molecule has 1 N–H and O–H groups in total. The maximum absolute atomic E-state index is 6.18. The summed E-state index contributed by atoms with van der Waals surface area (Å²) in [4.78, 5) is 4.10. The van der Waals surface area contributed by atoms with Gasteiger partial charge in [-0.3, -0.25) is 9.67 Å². The van der Waals surface area contributed by atoms with E-state index in [0.717, 1.165) is 16.8 Å². The molecule has 1 unspecified atom stereocenters. The van der Waals surface area contributed by atoms with Crippen molar-refractivity contribution in [3.8, 4) is 0 Å². The van der Waals surface area contributed by atoms with Gasteiger partial charge in [-0.15, -0.1) is 0 Å². The largest absolute Gasteiger partial charge is 0.308 e. The van der Waals surface area contributed by atoms with E-state index in [0.29, 0.717) is 5.02 Å². The zero-order chi connectivity index (χ0) is 12.4. The monoisotopic (exact) mass is 250 g/mol. The number of aryl methyl sites for hydroxylation is 2. The van der Waals surface area contributed by atoms with Crippen LogP contribution in [0.25, 0.3) is 0 Å². The van der Waals surface area contributed by atoms with Crippen molar-refractivity contribution in [3.05, 3.63) is 46.5 Å². The van der Waals surface area contributed by atoms with Gasteiger partial charge in [0.25, 0.3) is 0 Å². The van der Waals surface area contributed by atoms with Crippen LogP contribution in [0.3, 0.4) is 0 Å².